The maximum absolute atomic E-state index is 13.1. The zero-order valence-electron chi connectivity index (χ0n) is 27.0. The Morgan fingerprint density at radius 3 is 2.47 bits per heavy atom. The first kappa shape index (κ1) is 31.9. The van der Waals surface area contributed by atoms with Gasteiger partial charge in [-0.25, -0.2) is 9.48 Å². The molecule has 3 N–H and O–H groups in total. The van der Waals surface area contributed by atoms with Crippen LogP contribution in [0.3, 0.4) is 0 Å². The van der Waals surface area contributed by atoms with Crippen LogP contribution in [0.25, 0.3) is 28.2 Å². The number of carbonyl (C=O) groups excluding carboxylic acids is 1. The third kappa shape index (κ3) is 7.29. The largest absolute Gasteiger partial charge is 0.444 e. The van der Waals surface area contributed by atoms with E-state index >= 15 is 0 Å². The van der Waals surface area contributed by atoms with Crippen molar-refractivity contribution in [3.05, 3.63) is 77.9 Å². The number of pyridine rings is 1. The van der Waals surface area contributed by atoms with E-state index in [-0.39, 0.29) is 24.1 Å². The maximum atomic E-state index is 13.1. The molecular formula is C35H48N6O2. The molecule has 1 aromatic carbocycles. The minimum atomic E-state index is -0.528. The first-order valence-corrected chi connectivity index (χ1v) is 15.4. The van der Waals surface area contributed by atoms with E-state index in [1.807, 2.05) is 76.3 Å². The minimum absolute atomic E-state index is 0.101. The first-order valence-electron chi connectivity index (χ1n) is 15.4. The molecule has 1 fully saturated rings. The summed E-state index contributed by atoms with van der Waals surface area (Å²) >= 11 is 0. The molecule has 3 aromatic rings. The number of hydrogen-bond acceptors (Lipinski definition) is 6. The highest BCUT2D eigenvalue weighted by Gasteiger charge is 2.38. The fraction of sp³-hybridized carbons (Fsp3) is 0.457. The first-order chi connectivity index (χ1) is 20.4. The van der Waals surface area contributed by atoms with Crippen molar-refractivity contribution >= 4 is 11.9 Å². The van der Waals surface area contributed by atoms with E-state index < -0.39 is 5.60 Å². The predicted octanol–water partition coefficient (Wildman–Crippen LogP) is 7.38. The summed E-state index contributed by atoms with van der Waals surface area (Å²) in [6, 6.07) is 14.5. The molecule has 4 rings (SSSR count). The highest BCUT2D eigenvalue weighted by Crippen LogP contribution is 2.34. The van der Waals surface area contributed by atoms with E-state index in [1.165, 1.54) is 0 Å². The van der Waals surface area contributed by atoms with Crippen LogP contribution in [0.5, 0.6) is 0 Å². The number of benzene rings is 1. The Bertz CT molecular complexity index is 1450. The minimum Gasteiger partial charge on any atom is -0.444 e. The van der Waals surface area contributed by atoms with E-state index in [4.69, 9.17) is 20.6 Å². The fourth-order valence-corrected chi connectivity index (χ4v) is 6.05. The van der Waals surface area contributed by atoms with Crippen molar-refractivity contribution in [3.63, 3.8) is 0 Å². The van der Waals surface area contributed by atoms with Crippen molar-refractivity contribution in [1.29, 1.82) is 0 Å². The number of ether oxygens (including phenoxy) is 1. The molecule has 1 amide bonds. The molecule has 1 saturated heterocycles. The maximum Gasteiger partial charge on any atom is 0.410 e. The Morgan fingerprint density at radius 2 is 1.86 bits per heavy atom. The Morgan fingerprint density at radius 1 is 1.14 bits per heavy atom. The molecule has 43 heavy (non-hydrogen) atoms. The molecule has 0 spiro atoms. The number of aromatic nitrogens is 3. The number of likely N-dealkylation sites (N-methyl/N-ethyl adjacent to an activating group) is 1. The predicted molar refractivity (Wildman–Crippen MR) is 175 cm³/mol. The van der Waals surface area contributed by atoms with Gasteiger partial charge in [0.05, 0.1) is 23.3 Å². The Balaban J connectivity index is 1.59. The van der Waals surface area contributed by atoms with Gasteiger partial charge in [-0.2, -0.15) is 5.10 Å². The second kappa shape index (κ2) is 13.5. The third-order valence-corrected chi connectivity index (χ3v) is 8.15. The molecule has 3 heterocycles. The van der Waals surface area contributed by atoms with Crippen LogP contribution in [0.2, 0.25) is 0 Å². The smallest absolute Gasteiger partial charge is 0.410 e. The molecule has 8 nitrogen and oxygen atoms in total. The summed E-state index contributed by atoms with van der Waals surface area (Å²) < 4.78 is 7.57. The van der Waals surface area contributed by atoms with Gasteiger partial charge in [-0.3, -0.25) is 4.98 Å². The van der Waals surface area contributed by atoms with E-state index in [1.54, 1.807) is 4.68 Å². The average molecular weight is 585 g/mol. The molecular weight excluding hydrogens is 536 g/mol. The lowest BCUT2D eigenvalue weighted by Gasteiger charge is -2.33. The number of carbonyl (C=O) groups is 1. The molecule has 0 saturated carbocycles. The van der Waals surface area contributed by atoms with Gasteiger partial charge in [-0.1, -0.05) is 56.3 Å². The van der Waals surface area contributed by atoms with Crippen LogP contribution in [-0.4, -0.2) is 50.5 Å². The van der Waals surface area contributed by atoms with Crippen LogP contribution in [0.1, 0.15) is 72.9 Å². The SMILES string of the molecule is CC/C=C(/C(NC)=C(/N)n1ncc(-c2ccc(-c3ccccc3)nc2)c1C)C(C)CC1CCC(C)N1C(=O)OC(C)(C)C. The standard InChI is InChI=1S/C35H48N6O2/c1-9-13-29(23(2)20-28-18-16-24(3)40(28)34(42)43-35(5,6)7)32(37-8)33(36)41-25(4)30(22-39-41)27-17-19-31(38-21-27)26-14-11-10-12-15-26/h10-15,17,19,21-24,28,37H,9,16,18,20,36H2,1-8H3/b29-13+,33-32+. The van der Waals surface area contributed by atoms with Crippen LogP contribution in [0.15, 0.2) is 72.2 Å². The van der Waals surface area contributed by atoms with Gasteiger partial charge >= 0.3 is 6.09 Å². The number of allylic oxidation sites excluding steroid dienone is 2. The summed E-state index contributed by atoms with van der Waals surface area (Å²) in [6.45, 7) is 14.2. The Labute approximate surface area is 257 Å². The summed E-state index contributed by atoms with van der Waals surface area (Å²) in [5.74, 6) is 0.682. The van der Waals surface area contributed by atoms with Gasteiger partial charge in [-0.05, 0) is 77.9 Å². The third-order valence-electron chi connectivity index (χ3n) is 8.15. The summed E-state index contributed by atoms with van der Waals surface area (Å²) in [7, 11) is 1.90. The normalized spacial score (nSPS) is 18.8. The number of hydrogen-bond donors (Lipinski definition) is 2. The van der Waals surface area contributed by atoms with Crippen LogP contribution in [-0.2, 0) is 4.74 Å². The van der Waals surface area contributed by atoms with E-state index in [0.29, 0.717) is 5.82 Å². The summed E-state index contributed by atoms with van der Waals surface area (Å²) in [6.07, 6.45) is 9.33. The lowest BCUT2D eigenvalue weighted by Crippen LogP contribution is -2.44. The summed E-state index contributed by atoms with van der Waals surface area (Å²) in [4.78, 5) is 19.8. The molecule has 3 unspecified atom stereocenters. The zero-order chi connectivity index (χ0) is 31.3. The van der Waals surface area contributed by atoms with E-state index in [2.05, 4.69) is 50.4 Å². The molecule has 2 aromatic heterocycles. The number of amides is 1. The lowest BCUT2D eigenvalue weighted by atomic mass is 9.89. The molecule has 0 aliphatic carbocycles. The monoisotopic (exact) mass is 584 g/mol. The number of nitrogens with one attached hydrogen (secondary N) is 1. The van der Waals surface area contributed by atoms with Gasteiger partial charge in [-0.15, -0.1) is 0 Å². The lowest BCUT2D eigenvalue weighted by molar-refractivity contribution is 0.0146. The molecule has 3 atom stereocenters. The summed E-state index contributed by atoms with van der Waals surface area (Å²) in [5, 5.41) is 8.07. The van der Waals surface area contributed by atoms with Crippen molar-refractivity contribution in [3.8, 4) is 22.4 Å². The second-order valence-corrected chi connectivity index (χ2v) is 12.5. The highest BCUT2D eigenvalue weighted by molar-refractivity contribution is 5.70. The average Bonchev–Trinajstić information content (AvgIpc) is 3.54. The molecule has 0 radical (unpaired) electrons. The van der Waals surface area contributed by atoms with Crippen LogP contribution in [0.4, 0.5) is 4.79 Å². The quantitative estimate of drug-likeness (QED) is 0.255. The second-order valence-electron chi connectivity index (χ2n) is 12.5. The Hall–Kier alpha value is -4.07. The molecule has 1 aliphatic heterocycles. The molecule has 230 valence electrons. The number of rotatable bonds is 9. The molecule has 8 heteroatoms. The van der Waals surface area contributed by atoms with Crippen LogP contribution in [0, 0.1) is 12.8 Å². The Kier molecular flexibility index (Phi) is 9.99. The molecule has 0 bridgehead atoms. The van der Waals surface area contributed by atoms with Gasteiger partial charge in [0.25, 0.3) is 0 Å². The number of nitrogens with two attached hydrogens (primary N) is 1. The van der Waals surface area contributed by atoms with Gasteiger partial charge in [0.2, 0.25) is 0 Å². The summed E-state index contributed by atoms with van der Waals surface area (Å²) in [5.41, 5.74) is 13.2. The van der Waals surface area contributed by atoms with Crippen molar-refractivity contribution in [1.82, 2.24) is 25.0 Å². The molecule has 1 aliphatic rings. The van der Waals surface area contributed by atoms with Crippen molar-refractivity contribution < 1.29 is 9.53 Å². The van der Waals surface area contributed by atoms with Gasteiger partial charge < -0.3 is 20.7 Å². The van der Waals surface area contributed by atoms with Crippen molar-refractivity contribution in [2.45, 2.75) is 91.8 Å². The van der Waals surface area contributed by atoms with Crippen molar-refractivity contribution in [2.24, 2.45) is 11.7 Å². The van der Waals surface area contributed by atoms with Crippen LogP contribution >= 0.6 is 0 Å². The highest BCUT2D eigenvalue weighted by atomic mass is 16.6. The van der Waals surface area contributed by atoms with Gasteiger partial charge in [0, 0.05) is 42.0 Å². The van der Waals surface area contributed by atoms with Crippen molar-refractivity contribution in [2.75, 3.05) is 7.05 Å². The fourth-order valence-electron chi connectivity index (χ4n) is 6.05. The van der Waals surface area contributed by atoms with Gasteiger partial charge in [0.15, 0.2) is 0 Å². The number of nitrogens with zero attached hydrogens (tertiary/aromatic N) is 4. The van der Waals surface area contributed by atoms with E-state index in [9.17, 15) is 4.79 Å². The van der Waals surface area contributed by atoms with Crippen LogP contribution < -0.4 is 11.1 Å². The number of likely N-dealkylation sites (tertiary alicyclic amines) is 1. The topological polar surface area (TPSA) is 98.3 Å². The zero-order valence-corrected chi connectivity index (χ0v) is 27.0. The van der Waals surface area contributed by atoms with Gasteiger partial charge in [0.1, 0.15) is 11.4 Å². The van der Waals surface area contributed by atoms with E-state index in [0.717, 1.165) is 65.0 Å².